The van der Waals surface area contributed by atoms with Crippen molar-refractivity contribution in [1.82, 2.24) is 10.2 Å². The Morgan fingerprint density at radius 2 is 2.50 bits per heavy atom. The zero-order chi connectivity index (χ0) is 7.56. The van der Waals surface area contributed by atoms with E-state index < -0.39 is 0 Å². The fraction of sp³-hybridized carbons (Fsp3) is 0.667. The Morgan fingerprint density at radius 3 is 3.00 bits per heavy atom. The molecule has 0 aromatic heterocycles. The van der Waals surface area contributed by atoms with Crippen molar-refractivity contribution in [3.05, 3.63) is 0 Å². The molecule has 1 saturated heterocycles. The topological polar surface area (TPSA) is 49.4 Å². The van der Waals surface area contributed by atoms with E-state index in [-0.39, 0.29) is 11.9 Å². The van der Waals surface area contributed by atoms with Crippen LogP contribution in [0.2, 0.25) is 0 Å². The maximum atomic E-state index is 10.8. The Morgan fingerprint density at radius 1 is 1.80 bits per heavy atom. The fourth-order valence-corrected chi connectivity index (χ4v) is 0.944. The van der Waals surface area contributed by atoms with E-state index in [1.807, 2.05) is 0 Å². The molecule has 1 fully saturated rings. The number of aldehydes is 1. The van der Waals surface area contributed by atoms with Crippen molar-refractivity contribution >= 4 is 12.3 Å². The molecule has 1 aliphatic rings. The van der Waals surface area contributed by atoms with Crippen molar-refractivity contribution in [3.8, 4) is 0 Å². The summed E-state index contributed by atoms with van der Waals surface area (Å²) in [7, 11) is 1.67. The number of urea groups is 1. The van der Waals surface area contributed by atoms with Gasteiger partial charge in [0.1, 0.15) is 6.29 Å². The van der Waals surface area contributed by atoms with E-state index in [0.29, 0.717) is 13.1 Å². The molecule has 4 heteroatoms. The lowest BCUT2D eigenvalue weighted by Gasteiger charge is -2.27. The van der Waals surface area contributed by atoms with E-state index in [2.05, 4.69) is 5.32 Å². The van der Waals surface area contributed by atoms with Crippen LogP contribution in [0.15, 0.2) is 0 Å². The van der Waals surface area contributed by atoms with Crippen molar-refractivity contribution in [2.24, 2.45) is 5.92 Å². The third-order valence-electron chi connectivity index (χ3n) is 1.56. The second kappa shape index (κ2) is 2.68. The van der Waals surface area contributed by atoms with Crippen LogP contribution in [0.5, 0.6) is 0 Å². The molecule has 1 unspecified atom stereocenters. The second-order valence-corrected chi connectivity index (χ2v) is 2.46. The molecule has 1 heterocycles. The monoisotopic (exact) mass is 142 g/mol. The first-order valence-electron chi connectivity index (χ1n) is 3.18. The summed E-state index contributed by atoms with van der Waals surface area (Å²) >= 11 is 0. The number of nitrogens with one attached hydrogen (secondary N) is 1. The Bertz CT molecular complexity index is 158. The molecule has 0 aromatic rings. The molecular formula is C6H10N2O2. The molecule has 0 saturated carbocycles. The van der Waals surface area contributed by atoms with Gasteiger partial charge in [0.2, 0.25) is 0 Å². The summed E-state index contributed by atoms with van der Waals surface area (Å²) in [5.41, 5.74) is 0. The lowest BCUT2D eigenvalue weighted by atomic mass is 10.1. The SMILES string of the molecule is CN1CC(C=O)CNC1=O. The van der Waals surface area contributed by atoms with Gasteiger partial charge < -0.3 is 15.0 Å². The molecule has 0 aliphatic carbocycles. The van der Waals surface area contributed by atoms with Gasteiger partial charge in [0, 0.05) is 26.1 Å². The maximum Gasteiger partial charge on any atom is 0.317 e. The first kappa shape index (κ1) is 7.05. The highest BCUT2D eigenvalue weighted by Gasteiger charge is 2.20. The van der Waals surface area contributed by atoms with Gasteiger partial charge in [-0.3, -0.25) is 0 Å². The summed E-state index contributed by atoms with van der Waals surface area (Å²) < 4.78 is 0. The van der Waals surface area contributed by atoms with Gasteiger partial charge in [-0.05, 0) is 0 Å². The Labute approximate surface area is 59.2 Å². The summed E-state index contributed by atoms with van der Waals surface area (Å²) in [5, 5.41) is 2.59. The Hall–Kier alpha value is -1.06. The van der Waals surface area contributed by atoms with Crippen LogP contribution in [0.3, 0.4) is 0 Å². The minimum atomic E-state index is -0.0990. The Balaban J connectivity index is 2.48. The van der Waals surface area contributed by atoms with Gasteiger partial charge in [0.25, 0.3) is 0 Å². The van der Waals surface area contributed by atoms with E-state index in [4.69, 9.17) is 0 Å². The van der Waals surface area contributed by atoms with Crippen molar-refractivity contribution in [2.75, 3.05) is 20.1 Å². The van der Waals surface area contributed by atoms with Gasteiger partial charge in [-0.1, -0.05) is 0 Å². The smallest absolute Gasteiger partial charge is 0.317 e. The van der Waals surface area contributed by atoms with Gasteiger partial charge in [0.15, 0.2) is 0 Å². The van der Waals surface area contributed by atoms with Crippen LogP contribution in [0, 0.1) is 5.92 Å². The number of hydrogen-bond acceptors (Lipinski definition) is 2. The summed E-state index contributed by atoms with van der Waals surface area (Å²) in [6.07, 6.45) is 0.871. The van der Waals surface area contributed by atoms with E-state index in [1.165, 1.54) is 4.90 Å². The van der Waals surface area contributed by atoms with Crippen LogP contribution in [0.25, 0.3) is 0 Å². The van der Waals surface area contributed by atoms with Crippen LogP contribution in [0.4, 0.5) is 4.79 Å². The quantitative estimate of drug-likeness (QED) is 0.500. The van der Waals surface area contributed by atoms with Crippen LogP contribution in [-0.4, -0.2) is 37.4 Å². The lowest BCUT2D eigenvalue weighted by Crippen LogP contribution is -2.49. The van der Waals surface area contributed by atoms with E-state index >= 15 is 0 Å². The molecule has 0 radical (unpaired) electrons. The zero-order valence-electron chi connectivity index (χ0n) is 5.83. The standard InChI is InChI=1S/C6H10N2O2/c1-8-3-5(4-9)2-7-6(8)10/h4-5H,2-3H2,1H3,(H,7,10). The molecule has 1 rings (SSSR count). The molecular weight excluding hydrogens is 132 g/mol. The highest BCUT2D eigenvalue weighted by Crippen LogP contribution is 2.00. The molecule has 0 aromatic carbocycles. The highest BCUT2D eigenvalue weighted by molar-refractivity contribution is 5.76. The van der Waals surface area contributed by atoms with Crippen LogP contribution >= 0.6 is 0 Å². The predicted molar refractivity (Wildman–Crippen MR) is 35.6 cm³/mol. The van der Waals surface area contributed by atoms with Crippen molar-refractivity contribution in [2.45, 2.75) is 0 Å². The molecule has 1 atom stereocenters. The molecule has 2 amide bonds. The first-order valence-corrected chi connectivity index (χ1v) is 3.18. The lowest BCUT2D eigenvalue weighted by molar-refractivity contribution is -0.111. The number of carbonyl (C=O) groups excluding carboxylic acids is 2. The third-order valence-corrected chi connectivity index (χ3v) is 1.56. The molecule has 1 aliphatic heterocycles. The van der Waals surface area contributed by atoms with Gasteiger partial charge in [0.05, 0.1) is 0 Å². The number of nitrogens with zero attached hydrogens (tertiary/aromatic N) is 1. The average Bonchev–Trinajstić information content (AvgIpc) is 1.95. The van der Waals surface area contributed by atoms with Gasteiger partial charge in [-0.2, -0.15) is 0 Å². The van der Waals surface area contributed by atoms with Crippen LogP contribution < -0.4 is 5.32 Å². The molecule has 10 heavy (non-hydrogen) atoms. The van der Waals surface area contributed by atoms with Crippen molar-refractivity contribution < 1.29 is 9.59 Å². The molecule has 4 nitrogen and oxygen atoms in total. The van der Waals surface area contributed by atoms with Crippen molar-refractivity contribution in [1.29, 1.82) is 0 Å². The molecule has 0 spiro atoms. The van der Waals surface area contributed by atoms with Gasteiger partial charge >= 0.3 is 6.03 Å². The predicted octanol–water partition coefficient (Wildman–Crippen LogP) is -0.543. The first-order chi connectivity index (χ1) is 4.74. The van der Waals surface area contributed by atoms with E-state index in [9.17, 15) is 9.59 Å². The van der Waals surface area contributed by atoms with Gasteiger partial charge in [-0.25, -0.2) is 4.79 Å². The van der Waals surface area contributed by atoms with Crippen LogP contribution in [-0.2, 0) is 4.79 Å². The summed E-state index contributed by atoms with van der Waals surface area (Å²) in [5.74, 6) is -0.0392. The summed E-state index contributed by atoms with van der Waals surface area (Å²) in [6.45, 7) is 1.02. The minimum absolute atomic E-state index is 0.0392. The molecule has 0 bridgehead atoms. The molecule has 56 valence electrons. The summed E-state index contributed by atoms with van der Waals surface area (Å²) in [4.78, 5) is 22.5. The Kier molecular flexibility index (Phi) is 1.89. The minimum Gasteiger partial charge on any atom is -0.337 e. The molecule has 1 N–H and O–H groups in total. The summed E-state index contributed by atoms with van der Waals surface area (Å²) in [6, 6.07) is -0.0990. The number of amides is 2. The largest absolute Gasteiger partial charge is 0.337 e. The average molecular weight is 142 g/mol. The second-order valence-electron chi connectivity index (χ2n) is 2.46. The zero-order valence-corrected chi connectivity index (χ0v) is 5.83. The number of hydrogen-bond donors (Lipinski definition) is 1. The van der Waals surface area contributed by atoms with Crippen LogP contribution in [0.1, 0.15) is 0 Å². The third kappa shape index (κ3) is 1.26. The maximum absolute atomic E-state index is 10.8. The number of rotatable bonds is 1. The number of carbonyl (C=O) groups is 2. The normalized spacial score (nSPS) is 25.9. The van der Waals surface area contributed by atoms with Gasteiger partial charge in [-0.15, -0.1) is 0 Å². The van der Waals surface area contributed by atoms with Crippen molar-refractivity contribution in [3.63, 3.8) is 0 Å². The van der Waals surface area contributed by atoms with E-state index in [1.54, 1.807) is 7.05 Å². The highest BCUT2D eigenvalue weighted by atomic mass is 16.2. The fourth-order valence-electron chi connectivity index (χ4n) is 0.944. The van der Waals surface area contributed by atoms with E-state index in [0.717, 1.165) is 6.29 Å².